The third-order valence-corrected chi connectivity index (χ3v) is 5.05. The van der Waals surface area contributed by atoms with Crippen molar-refractivity contribution in [2.75, 3.05) is 13.1 Å². The first-order valence-electron chi connectivity index (χ1n) is 10.4. The van der Waals surface area contributed by atoms with Gasteiger partial charge in [-0.2, -0.15) is 0 Å². The van der Waals surface area contributed by atoms with Gasteiger partial charge in [-0.05, 0) is 50.3 Å². The number of hydrogen-bond acceptors (Lipinski definition) is 6. The van der Waals surface area contributed by atoms with Crippen molar-refractivity contribution in [3.8, 4) is 5.75 Å². The number of carbonyl (C=O) groups excluding carboxylic acids is 5. The summed E-state index contributed by atoms with van der Waals surface area (Å²) in [6.07, 6.45) is 2.99. The Morgan fingerprint density at radius 1 is 1.19 bits per heavy atom. The molecule has 0 radical (unpaired) electrons. The van der Waals surface area contributed by atoms with E-state index in [1.54, 1.807) is 24.3 Å². The molecule has 1 fully saturated rings. The van der Waals surface area contributed by atoms with E-state index in [1.165, 1.54) is 11.8 Å². The Morgan fingerprint density at radius 2 is 1.90 bits per heavy atom. The Kier molecular flexibility index (Phi) is 9.17. The lowest BCUT2D eigenvalue weighted by Gasteiger charge is -2.25. The number of ketones is 1. The van der Waals surface area contributed by atoms with Crippen LogP contribution in [0.25, 0.3) is 0 Å². The highest BCUT2D eigenvalue weighted by atomic mass is 16.3. The van der Waals surface area contributed by atoms with E-state index in [9.17, 15) is 29.1 Å². The van der Waals surface area contributed by atoms with Gasteiger partial charge in [-0.15, -0.1) is 0 Å². The largest absolute Gasteiger partial charge is 0.508 e. The molecule has 2 atom stereocenters. The van der Waals surface area contributed by atoms with Gasteiger partial charge < -0.3 is 25.4 Å². The Labute approximate surface area is 181 Å². The third-order valence-electron chi connectivity index (χ3n) is 5.05. The molecule has 31 heavy (non-hydrogen) atoms. The van der Waals surface area contributed by atoms with E-state index < -0.39 is 18.0 Å². The van der Waals surface area contributed by atoms with Crippen LogP contribution in [-0.4, -0.2) is 65.0 Å². The lowest BCUT2D eigenvalue weighted by Crippen LogP contribution is -2.51. The molecular weight excluding hydrogens is 402 g/mol. The van der Waals surface area contributed by atoms with Gasteiger partial charge in [0.2, 0.25) is 17.7 Å². The summed E-state index contributed by atoms with van der Waals surface area (Å²) < 4.78 is 0. The van der Waals surface area contributed by atoms with E-state index in [1.807, 2.05) is 0 Å². The van der Waals surface area contributed by atoms with Gasteiger partial charge in [0.05, 0.1) is 12.6 Å². The van der Waals surface area contributed by atoms with Gasteiger partial charge >= 0.3 is 0 Å². The van der Waals surface area contributed by atoms with Crippen molar-refractivity contribution in [3.63, 3.8) is 0 Å². The molecule has 2 rings (SSSR count). The molecule has 1 heterocycles. The van der Waals surface area contributed by atoms with Crippen molar-refractivity contribution < 1.29 is 29.1 Å². The van der Waals surface area contributed by atoms with E-state index in [2.05, 4.69) is 10.6 Å². The summed E-state index contributed by atoms with van der Waals surface area (Å²) in [5.74, 6) is -1.19. The molecule has 0 saturated carbocycles. The number of likely N-dealkylation sites (tertiary alicyclic amines) is 1. The Bertz CT molecular complexity index is 808. The number of nitrogens with one attached hydrogen (secondary N) is 2. The molecule has 0 aromatic heterocycles. The van der Waals surface area contributed by atoms with Crippen LogP contribution in [-0.2, 0) is 30.4 Å². The maximum Gasteiger partial charge on any atom is 0.245 e. The summed E-state index contributed by atoms with van der Waals surface area (Å²) in [6.45, 7) is 1.47. The van der Waals surface area contributed by atoms with E-state index in [-0.39, 0.29) is 42.7 Å². The van der Waals surface area contributed by atoms with Crippen molar-refractivity contribution in [1.82, 2.24) is 15.5 Å². The zero-order valence-corrected chi connectivity index (χ0v) is 17.6. The van der Waals surface area contributed by atoms with Crippen LogP contribution in [0.5, 0.6) is 5.75 Å². The Hall–Kier alpha value is -3.23. The number of hydrogen-bond donors (Lipinski definition) is 3. The quantitative estimate of drug-likeness (QED) is 0.462. The standard InChI is InChI=1S/C22H29N3O6/c1-15(27)12-17(14-26)23-21(30)13-25-11-3-2-4-19(22(25)31)24-20(29)10-7-16-5-8-18(28)9-6-16/h5-6,8-9,14,17,19,28H,2-4,7,10-13H2,1H3,(H,23,30)(H,24,29)/t17?,19-/m0/s1. The van der Waals surface area contributed by atoms with Crippen molar-refractivity contribution >= 4 is 29.8 Å². The van der Waals surface area contributed by atoms with Gasteiger partial charge in [0.15, 0.2) is 0 Å². The first-order valence-corrected chi connectivity index (χ1v) is 10.4. The number of phenolic OH excluding ortho intramolecular Hbond substituents is 1. The number of benzene rings is 1. The van der Waals surface area contributed by atoms with Gasteiger partial charge in [0, 0.05) is 19.4 Å². The molecule has 3 amide bonds. The highest BCUT2D eigenvalue weighted by Gasteiger charge is 2.29. The maximum atomic E-state index is 12.8. The fourth-order valence-corrected chi connectivity index (χ4v) is 3.45. The highest BCUT2D eigenvalue weighted by Crippen LogP contribution is 2.14. The molecule has 0 aliphatic carbocycles. The van der Waals surface area contributed by atoms with Crippen LogP contribution < -0.4 is 10.6 Å². The fourth-order valence-electron chi connectivity index (χ4n) is 3.45. The maximum absolute atomic E-state index is 12.8. The normalized spacial score (nSPS) is 17.4. The first kappa shape index (κ1) is 24.0. The van der Waals surface area contributed by atoms with Crippen molar-refractivity contribution in [1.29, 1.82) is 0 Å². The molecule has 168 valence electrons. The minimum atomic E-state index is -0.914. The van der Waals surface area contributed by atoms with Gasteiger partial charge in [0.25, 0.3) is 0 Å². The zero-order chi connectivity index (χ0) is 22.8. The van der Waals surface area contributed by atoms with Gasteiger partial charge in [-0.25, -0.2) is 0 Å². The molecule has 3 N–H and O–H groups in total. The zero-order valence-electron chi connectivity index (χ0n) is 17.6. The second-order valence-electron chi connectivity index (χ2n) is 7.76. The number of nitrogens with zero attached hydrogens (tertiary/aromatic N) is 1. The fraction of sp³-hybridized carbons (Fsp3) is 0.500. The molecule has 9 nitrogen and oxygen atoms in total. The van der Waals surface area contributed by atoms with Crippen LogP contribution in [0, 0.1) is 0 Å². The van der Waals surface area contributed by atoms with Crippen LogP contribution in [0.3, 0.4) is 0 Å². The van der Waals surface area contributed by atoms with Crippen LogP contribution in [0.2, 0.25) is 0 Å². The molecule has 0 bridgehead atoms. The van der Waals surface area contributed by atoms with Crippen LogP contribution >= 0.6 is 0 Å². The topological polar surface area (TPSA) is 133 Å². The van der Waals surface area contributed by atoms with Crippen LogP contribution in [0.15, 0.2) is 24.3 Å². The van der Waals surface area contributed by atoms with Crippen molar-refractivity contribution in [2.45, 2.75) is 57.5 Å². The molecule has 1 aliphatic heterocycles. The Balaban J connectivity index is 1.88. The highest BCUT2D eigenvalue weighted by molar-refractivity contribution is 5.91. The number of aromatic hydroxyl groups is 1. The van der Waals surface area contributed by atoms with Crippen LogP contribution in [0.4, 0.5) is 0 Å². The lowest BCUT2D eigenvalue weighted by molar-refractivity contribution is -0.139. The molecule has 1 saturated heterocycles. The second-order valence-corrected chi connectivity index (χ2v) is 7.76. The lowest BCUT2D eigenvalue weighted by atomic mass is 10.1. The third kappa shape index (κ3) is 8.19. The molecule has 9 heteroatoms. The van der Waals surface area contributed by atoms with E-state index in [0.29, 0.717) is 32.1 Å². The molecule has 0 spiro atoms. The number of Topliss-reactive ketones (excluding diaryl/α,β-unsaturated/α-hetero) is 1. The molecule has 1 unspecified atom stereocenters. The SMILES string of the molecule is CC(=O)CC(C=O)NC(=O)CN1CCCC[C@H](NC(=O)CCc2ccc(O)cc2)C1=O. The summed E-state index contributed by atoms with van der Waals surface area (Å²) in [5, 5.41) is 14.5. The molecular formula is C22H29N3O6. The van der Waals surface area contributed by atoms with Crippen LogP contribution in [0.1, 0.15) is 44.6 Å². The summed E-state index contributed by atoms with van der Waals surface area (Å²) in [4.78, 5) is 61.0. The Morgan fingerprint density at radius 3 is 2.55 bits per heavy atom. The monoisotopic (exact) mass is 431 g/mol. The molecule has 1 aromatic carbocycles. The summed E-state index contributed by atoms with van der Waals surface area (Å²) in [7, 11) is 0. The summed E-state index contributed by atoms with van der Waals surface area (Å²) in [6, 6.07) is 4.95. The second kappa shape index (κ2) is 11.8. The molecule has 1 aromatic rings. The summed E-state index contributed by atoms with van der Waals surface area (Å²) >= 11 is 0. The minimum Gasteiger partial charge on any atom is -0.508 e. The average Bonchev–Trinajstić information content (AvgIpc) is 2.88. The number of amides is 3. The van der Waals surface area contributed by atoms with Gasteiger partial charge in [-0.3, -0.25) is 19.2 Å². The van der Waals surface area contributed by atoms with E-state index in [0.717, 1.165) is 12.0 Å². The predicted octanol–water partition coefficient (Wildman–Crippen LogP) is 0.485. The van der Waals surface area contributed by atoms with Gasteiger partial charge in [-0.1, -0.05) is 12.1 Å². The van der Waals surface area contributed by atoms with E-state index in [4.69, 9.17) is 0 Å². The average molecular weight is 431 g/mol. The number of aldehydes is 1. The number of aryl methyl sites for hydroxylation is 1. The number of phenols is 1. The number of carbonyl (C=O) groups is 5. The molecule has 1 aliphatic rings. The number of rotatable bonds is 10. The van der Waals surface area contributed by atoms with Crippen molar-refractivity contribution in [2.24, 2.45) is 0 Å². The minimum absolute atomic E-state index is 0.0943. The first-order chi connectivity index (χ1) is 14.8. The summed E-state index contributed by atoms with van der Waals surface area (Å²) in [5.41, 5.74) is 0.897. The van der Waals surface area contributed by atoms with Gasteiger partial charge in [0.1, 0.15) is 23.9 Å². The van der Waals surface area contributed by atoms with Crippen molar-refractivity contribution in [3.05, 3.63) is 29.8 Å². The predicted molar refractivity (Wildman–Crippen MR) is 112 cm³/mol. The van der Waals surface area contributed by atoms with E-state index >= 15 is 0 Å². The smallest absolute Gasteiger partial charge is 0.245 e.